The van der Waals surface area contributed by atoms with Crippen LogP contribution in [0.25, 0.3) is 0 Å². The Morgan fingerprint density at radius 3 is 2.69 bits per heavy atom. The number of aromatic nitrogens is 1. The number of rotatable bonds is 10. The van der Waals surface area contributed by atoms with Gasteiger partial charge in [0.1, 0.15) is 12.4 Å². The third-order valence-corrected chi connectivity index (χ3v) is 4.06. The van der Waals surface area contributed by atoms with Gasteiger partial charge in [0.25, 0.3) is 5.91 Å². The molecule has 0 radical (unpaired) electrons. The molecule has 0 aliphatic rings. The lowest BCUT2D eigenvalue weighted by molar-refractivity contribution is 0.0954. The fraction of sp³-hybridized carbons (Fsp3) is 0.381. The van der Waals surface area contributed by atoms with Crippen LogP contribution in [0.2, 0.25) is 0 Å². The number of methoxy groups -OCH3 is 1. The van der Waals surface area contributed by atoms with Crippen molar-refractivity contribution in [2.24, 2.45) is 4.99 Å². The molecule has 2 aromatic rings. The van der Waals surface area contributed by atoms with Crippen LogP contribution >= 0.6 is 0 Å². The molecule has 1 amide bonds. The summed E-state index contributed by atoms with van der Waals surface area (Å²) in [7, 11) is 3.35. The van der Waals surface area contributed by atoms with Crippen molar-refractivity contribution in [2.45, 2.75) is 13.5 Å². The Bertz CT molecular complexity index is 796. The number of pyridine rings is 1. The number of nitrogens with one attached hydrogen (secondary N) is 3. The van der Waals surface area contributed by atoms with Gasteiger partial charge in [-0.2, -0.15) is 0 Å². The number of carbonyl (C=O) groups excluding carboxylic acids is 1. The van der Waals surface area contributed by atoms with E-state index in [2.05, 4.69) is 25.9 Å². The average Bonchev–Trinajstić information content (AvgIpc) is 2.75. The van der Waals surface area contributed by atoms with Crippen molar-refractivity contribution in [3.05, 3.63) is 59.4 Å². The Kier molecular flexibility index (Phi) is 9.44. The van der Waals surface area contributed by atoms with E-state index in [1.807, 2.05) is 25.1 Å². The van der Waals surface area contributed by atoms with E-state index in [1.54, 1.807) is 32.5 Å². The third kappa shape index (κ3) is 7.79. The number of aryl methyl sites for hydroxylation is 1. The van der Waals surface area contributed by atoms with E-state index in [9.17, 15) is 4.79 Å². The van der Waals surface area contributed by atoms with Gasteiger partial charge < -0.3 is 25.4 Å². The highest BCUT2D eigenvalue weighted by Crippen LogP contribution is 2.20. The lowest BCUT2D eigenvalue weighted by atomic mass is 10.1. The summed E-state index contributed by atoms with van der Waals surface area (Å²) in [6, 6.07) is 9.55. The first-order valence-electron chi connectivity index (χ1n) is 9.48. The van der Waals surface area contributed by atoms with Crippen molar-refractivity contribution < 1.29 is 14.3 Å². The van der Waals surface area contributed by atoms with E-state index in [-0.39, 0.29) is 5.91 Å². The number of carbonyl (C=O) groups is 1. The molecule has 29 heavy (non-hydrogen) atoms. The Labute approximate surface area is 171 Å². The molecule has 0 spiro atoms. The topological polar surface area (TPSA) is 96.9 Å². The largest absolute Gasteiger partial charge is 0.491 e. The highest BCUT2D eigenvalue weighted by Gasteiger charge is 2.07. The molecule has 0 fully saturated rings. The SMILES string of the molecule is CN=C(NCCNC(=O)c1cccnc1)NCc1ccc(C)cc1OCCOC. The van der Waals surface area contributed by atoms with E-state index in [0.29, 0.717) is 44.4 Å². The molecule has 1 aromatic heterocycles. The van der Waals surface area contributed by atoms with Gasteiger partial charge in [-0.25, -0.2) is 0 Å². The summed E-state index contributed by atoms with van der Waals surface area (Å²) in [5.41, 5.74) is 2.70. The fourth-order valence-electron chi connectivity index (χ4n) is 2.53. The first kappa shape index (κ1) is 22.2. The maximum absolute atomic E-state index is 12.0. The average molecular weight is 399 g/mol. The lowest BCUT2D eigenvalue weighted by Crippen LogP contribution is -2.41. The second-order valence-electron chi connectivity index (χ2n) is 6.30. The van der Waals surface area contributed by atoms with E-state index in [4.69, 9.17) is 9.47 Å². The Morgan fingerprint density at radius 1 is 1.14 bits per heavy atom. The Morgan fingerprint density at radius 2 is 1.97 bits per heavy atom. The molecule has 0 aliphatic heterocycles. The van der Waals surface area contributed by atoms with E-state index >= 15 is 0 Å². The highest BCUT2D eigenvalue weighted by molar-refractivity contribution is 5.93. The van der Waals surface area contributed by atoms with Gasteiger partial charge in [-0.1, -0.05) is 12.1 Å². The minimum Gasteiger partial charge on any atom is -0.491 e. The normalized spacial score (nSPS) is 11.1. The van der Waals surface area contributed by atoms with E-state index < -0.39 is 0 Å². The van der Waals surface area contributed by atoms with Gasteiger partial charge in [0.05, 0.1) is 12.2 Å². The first-order chi connectivity index (χ1) is 14.1. The monoisotopic (exact) mass is 399 g/mol. The first-order valence-corrected chi connectivity index (χ1v) is 9.48. The second kappa shape index (κ2) is 12.4. The van der Waals surface area contributed by atoms with Crippen molar-refractivity contribution >= 4 is 11.9 Å². The predicted molar refractivity (Wildman–Crippen MR) is 113 cm³/mol. The third-order valence-electron chi connectivity index (χ3n) is 4.06. The van der Waals surface area contributed by atoms with Crippen molar-refractivity contribution in [3.63, 3.8) is 0 Å². The minimum atomic E-state index is -0.152. The Balaban J connectivity index is 1.78. The van der Waals surface area contributed by atoms with E-state index in [0.717, 1.165) is 16.9 Å². The summed E-state index contributed by atoms with van der Waals surface area (Å²) in [5.74, 6) is 1.32. The van der Waals surface area contributed by atoms with Gasteiger partial charge >= 0.3 is 0 Å². The van der Waals surface area contributed by atoms with Crippen molar-refractivity contribution in [1.29, 1.82) is 0 Å². The highest BCUT2D eigenvalue weighted by atomic mass is 16.5. The standard InChI is InChI=1S/C21H29N5O3/c1-16-6-7-17(19(13-16)29-12-11-28-3)15-26-21(22-2)25-10-9-24-20(27)18-5-4-8-23-14-18/h4-8,13-14H,9-12,15H2,1-3H3,(H,24,27)(H2,22,25,26). The molecule has 2 rings (SSSR count). The second-order valence-corrected chi connectivity index (χ2v) is 6.30. The molecule has 0 saturated carbocycles. The molecule has 156 valence electrons. The van der Waals surface area contributed by atoms with Crippen molar-refractivity contribution in [1.82, 2.24) is 20.9 Å². The molecule has 0 saturated heterocycles. The lowest BCUT2D eigenvalue weighted by Gasteiger charge is -2.15. The van der Waals surface area contributed by atoms with Crippen LogP contribution < -0.4 is 20.7 Å². The summed E-state index contributed by atoms with van der Waals surface area (Å²) in [6.07, 6.45) is 3.17. The van der Waals surface area contributed by atoms with Gasteiger partial charge in [-0.05, 0) is 30.7 Å². The van der Waals surface area contributed by atoms with Crippen LogP contribution in [0.3, 0.4) is 0 Å². The Hall–Kier alpha value is -3.13. The fourth-order valence-corrected chi connectivity index (χ4v) is 2.53. The zero-order valence-corrected chi connectivity index (χ0v) is 17.2. The van der Waals surface area contributed by atoms with Gasteiger partial charge in [0.15, 0.2) is 5.96 Å². The molecule has 0 unspecified atom stereocenters. The number of hydrogen-bond acceptors (Lipinski definition) is 5. The molecule has 1 aromatic carbocycles. The van der Waals surface area contributed by atoms with Gasteiger partial charge in [-0.15, -0.1) is 0 Å². The van der Waals surface area contributed by atoms with Gasteiger partial charge in [0, 0.05) is 51.7 Å². The summed E-state index contributed by atoms with van der Waals surface area (Å²) in [4.78, 5) is 20.1. The summed E-state index contributed by atoms with van der Waals surface area (Å²) >= 11 is 0. The number of aliphatic imine (C=N–C) groups is 1. The molecule has 8 nitrogen and oxygen atoms in total. The van der Waals surface area contributed by atoms with Crippen LogP contribution in [0, 0.1) is 6.92 Å². The van der Waals surface area contributed by atoms with Crippen LogP contribution in [0.15, 0.2) is 47.7 Å². The molecular weight excluding hydrogens is 370 g/mol. The van der Waals surface area contributed by atoms with Crippen molar-refractivity contribution in [3.8, 4) is 5.75 Å². The van der Waals surface area contributed by atoms with E-state index in [1.165, 1.54) is 6.20 Å². The van der Waals surface area contributed by atoms with Crippen LogP contribution in [0.1, 0.15) is 21.5 Å². The van der Waals surface area contributed by atoms with Crippen molar-refractivity contribution in [2.75, 3.05) is 40.5 Å². The predicted octanol–water partition coefficient (Wildman–Crippen LogP) is 1.51. The van der Waals surface area contributed by atoms with Crippen LogP contribution in [-0.2, 0) is 11.3 Å². The molecule has 0 bridgehead atoms. The quantitative estimate of drug-likeness (QED) is 0.318. The number of benzene rings is 1. The molecule has 0 aliphatic carbocycles. The van der Waals surface area contributed by atoms with Gasteiger partial charge in [0.2, 0.25) is 0 Å². The smallest absolute Gasteiger partial charge is 0.252 e. The molecule has 1 heterocycles. The maximum Gasteiger partial charge on any atom is 0.252 e. The minimum absolute atomic E-state index is 0.152. The van der Waals surface area contributed by atoms with Crippen LogP contribution in [0.4, 0.5) is 0 Å². The maximum atomic E-state index is 12.0. The zero-order valence-electron chi connectivity index (χ0n) is 17.2. The number of guanidine groups is 1. The van der Waals surface area contributed by atoms with Crippen LogP contribution in [-0.4, -0.2) is 57.3 Å². The molecule has 8 heteroatoms. The number of ether oxygens (including phenoxy) is 2. The molecule has 3 N–H and O–H groups in total. The summed E-state index contributed by atoms with van der Waals surface area (Å²) in [5, 5.41) is 9.28. The van der Waals surface area contributed by atoms with Crippen LogP contribution in [0.5, 0.6) is 5.75 Å². The number of nitrogens with zero attached hydrogens (tertiary/aromatic N) is 2. The number of hydrogen-bond donors (Lipinski definition) is 3. The molecule has 0 atom stereocenters. The van der Waals surface area contributed by atoms with Gasteiger partial charge in [-0.3, -0.25) is 14.8 Å². The number of amides is 1. The summed E-state index contributed by atoms with van der Waals surface area (Å²) < 4.78 is 10.9. The zero-order chi connectivity index (χ0) is 20.9. The molecular formula is C21H29N5O3. The summed E-state index contributed by atoms with van der Waals surface area (Å²) in [6.45, 7) is 4.62.